The minimum absolute atomic E-state index is 0.0316. The van der Waals surface area contributed by atoms with E-state index in [2.05, 4.69) is 21.8 Å². The number of hydrogen-bond donors (Lipinski definition) is 1. The predicted molar refractivity (Wildman–Crippen MR) is 147 cm³/mol. The molecule has 3 fully saturated rings. The van der Waals surface area contributed by atoms with Crippen molar-refractivity contribution in [1.29, 1.82) is 0 Å². The van der Waals surface area contributed by atoms with Crippen LogP contribution in [-0.2, 0) is 20.9 Å². The molecular weight excluding hydrogens is 496 g/mol. The summed E-state index contributed by atoms with van der Waals surface area (Å²) < 4.78 is 11.8. The number of rotatable bonds is 4. The zero-order valence-corrected chi connectivity index (χ0v) is 22.5. The summed E-state index contributed by atoms with van der Waals surface area (Å²) in [4.78, 5) is 40.9. The number of amides is 2. The lowest BCUT2D eigenvalue weighted by Gasteiger charge is -2.41. The van der Waals surface area contributed by atoms with E-state index in [4.69, 9.17) is 14.5 Å². The van der Waals surface area contributed by atoms with Gasteiger partial charge < -0.3 is 29.5 Å². The van der Waals surface area contributed by atoms with Crippen molar-refractivity contribution in [2.24, 2.45) is 0 Å². The van der Waals surface area contributed by atoms with Crippen molar-refractivity contribution < 1.29 is 19.1 Å². The molecule has 3 saturated heterocycles. The number of pyridine rings is 2. The van der Waals surface area contributed by atoms with Gasteiger partial charge in [0.05, 0.1) is 30.2 Å². The maximum Gasteiger partial charge on any atom is 0.245 e. The molecular formula is C29H36N6O4. The van der Waals surface area contributed by atoms with E-state index >= 15 is 0 Å². The normalized spacial score (nSPS) is 21.8. The van der Waals surface area contributed by atoms with Gasteiger partial charge in [-0.05, 0) is 44.4 Å². The van der Waals surface area contributed by atoms with Crippen LogP contribution in [0.4, 0.5) is 17.2 Å². The summed E-state index contributed by atoms with van der Waals surface area (Å²) >= 11 is 0. The molecule has 0 aromatic carbocycles. The highest BCUT2D eigenvalue weighted by Gasteiger charge is 2.35. The number of piperidine rings is 2. The zero-order chi connectivity index (χ0) is 26.9. The van der Waals surface area contributed by atoms with Gasteiger partial charge in [-0.1, -0.05) is 6.58 Å². The van der Waals surface area contributed by atoms with E-state index in [1.807, 2.05) is 35.1 Å². The van der Waals surface area contributed by atoms with E-state index in [1.54, 1.807) is 0 Å². The summed E-state index contributed by atoms with van der Waals surface area (Å²) in [7, 11) is 0. The van der Waals surface area contributed by atoms with E-state index in [1.165, 1.54) is 6.08 Å². The van der Waals surface area contributed by atoms with Crippen LogP contribution in [0.3, 0.4) is 0 Å². The Hall–Kier alpha value is -3.66. The number of carbonyl (C=O) groups is 2. The van der Waals surface area contributed by atoms with Gasteiger partial charge in [0.15, 0.2) is 5.75 Å². The third-order valence-electron chi connectivity index (χ3n) is 8.43. The molecule has 0 saturated carbocycles. The van der Waals surface area contributed by atoms with Crippen molar-refractivity contribution in [3.05, 3.63) is 47.9 Å². The smallest absolute Gasteiger partial charge is 0.245 e. The second kappa shape index (κ2) is 10.8. The lowest BCUT2D eigenvalue weighted by molar-refractivity contribution is -0.138. The van der Waals surface area contributed by atoms with Crippen LogP contribution < -0.4 is 15.0 Å². The first kappa shape index (κ1) is 25.6. The van der Waals surface area contributed by atoms with Crippen LogP contribution in [0, 0.1) is 6.92 Å². The number of carbonyl (C=O) groups excluding carboxylic acids is 2. The highest BCUT2D eigenvalue weighted by Crippen LogP contribution is 2.41. The molecule has 10 nitrogen and oxygen atoms in total. The molecule has 4 aliphatic rings. The Morgan fingerprint density at radius 3 is 2.69 bits per heavy atom. The van der Waals surface area contributed by atoms with Gasteiger partial charge in [-0.2, -0.15) is 0 Å². The minimum atomic E-state index is -0.0316. The Kier molecular flexibility index (Phi) is 7.12. The van der Waals surface area contributed by atoms with Crippen molar-refractivity contribution in [3.63, 3.8) is 0 Å². The van der Waals surface area contributed by atoms with Crippen LogP contribution >= 0.6 is 0 Å². The zero-order valence-electron chi connectivity index (χ0n) is 22.5. The van der Waals surface area contributed by atoms with E-state index in [0.29, 0.717) is 45.9 Å². The van der Waals surface area contributed by atoms with Gasteiger partial charge in [0, 0.05) is 68.7 Å². The van der Waals surface area contributed by atoms with Crippen molar-refractivity contribution in [2.75, 3.05) is 56.2 Å². The Balaban J connectivity index is 1.17. The monoisotopic (exact) mass is 532 g/mol. The fourth-order valence-electron chi connectivity index (χ4n) is 6.29. The number of ether oxygens (including phenoxy) is 2. The van der Waals surface area contributed by atoms with Gasteiger partial charge in [-0.15, -0.1) is 0 Å². The van der Waals surface area contributed by atoms with Crippen LogP contribution in [0.2, 0.25) is 0 Å². The van der Waals surface area contributed by atoms with Crippen LogP contribution in [0.25, 0.3) is 0 Å². The van der Waals surface area contributed by atoms with E-state index in [-0.39, 0.29) is 23.8 Å². The highest BCUT2D eigenvalue weighted by molar-refractivity contribution is 5.87. The summed E-state index contributed by atoms with van der Waals surface area (Å²) in [6, 6.07) is 4.27. The third kappa shape index (κ3) is 5.05. The maximum atomic E-state index is 13.3. The molecule has 4 aliphatic heterocycles. The van der Waals surface area contributed by atoms with E-state index in [9.17, 15) is 9.59 Å². The quantitative estimate of drug-likeness (QED) is 0.600. The number of anilines is 3. The standard InChI is InChI=1S/C29H36N6O4/c1-3-26(36)34-9-6-21(7-10-34)35-11-5-20(16-27(35)37)23-17-24-28(19(2)31-23)39-18-22-25(4-8-30-29(22)32-24)33-12-14-38-15-13-33/h3-4,8,17,20-21H,1,5-7,9-16,18H2,2H3,(H,30,32). The summed E-state index contributed by atoms with van der Waals surface area (Å²) in [6.45, 7) is 11.1. The van der Waals surface area contributed by atoms with Crippen molar-refractivity contribution in [1.82, 2.24) is 19.8 Å². The van der Waals surface area contributed by atoms with Crippen LogP contribution in [0.5, 0.6) is 5.75 Å². The molecule has 1 N–H and O–H groups in total. The number of nitrogens with zero attached hydrogens (tertiary/aromatic N) is 5. The molecule has 6 rings (SSSR count). The minimum Gasteiger partial charge on any atom is -0.485 e. The van der Waals surface area contributed by atoms with Gasteiger partial charge in [0.25, 0.3) is 0 Å². The summed E-state index contributed by atoms with van der Waals surface area (Å²) in [5, 5.41) is 3.52. The average Bonchev–Trinajstić information content (AvgIpc) is 3.17. The first-order valence-electron chi connectivity index (χ1n) is 13.9. The maximum absolute atomic E-state index is 13.3. The number of nitrogens with one attached hydrogen (secondary N) is 1. The number of morpholine rings is 1. The number of fused-ring (bicyclic) bond motifs is 2. The second-order valence-corrected chi connectivity index (χ2v) is 10.7. The first-order valence-corrected chi connectivity index (χ1v) is 13.9. The van der Waals surface area contributed by atoms with Crippen LogP contribution in [0.15, 0.2) is 31.0 Å². The molecule has 206 valence electrons. The lowest BCUT2D eigenvalue weighted by Crippen LogP contribution is -2.50. The molecule has 39 heavy (non-hydrogen) atoms. The summed E-state index contributed by atoms with van der Waals surface area (Å²) in [6.07, 6.45) is 6.12. The van der Waals surface area contributed by atoms with Gasteiger partial charge in [-0.3, -0.25) is 14.6 Å². The summed E-state index contributed by atoms with van der Waals surface area (Å²) in [5.74, 6) is 1.71. The Bertz CT molecular complexity index is 1270. The lowest BCUT2D eigenvalue weighted by atomic mass is 9.89. The number of likely N-dealkylation sites (tertiary alicyclic amines) is 2. The predicted octanol–water partition coefficient (Wildman–Crippen LogP) is 3.14. The van der Waals surface area contributed by atoms with E-state index in [0.717, 1.165) is 72.2 Å². The molecule has 2 amide bonds. The SMILES string of the molecule is C=CC(=O)N1CCC(N2CCC(c3cc4c(c(C)n3)OCc3c(N5CCOCC5)ccnc3N4)CC2=O)CC1. The molecule has 1 atom stereocenters. The molecule has 0 aliphatic carbocycles. The number of hydrogen-bond acceptors (Lipinski definition) is 8. The fourth-order valence-corrected chi connectivity index (χ4v) is 6.29. The molecule has 1 unspecified atom stereocenters. The molecule has 0 radical (unpaired) electrons. The van der Waals surface area contributed by atoms with Crippen LogP contribution in [-0.4, -0.2) is 83.6 Å². The first-order chi connectivity index (χ1) is 19.0. The second-order valence-electron chi connectivity index (χ2n) is 10.7. The third-order valence-corrected chi connectivity index (χ3v) is 8.43. The van der Waals surface area contributed by atoms with Gasteiger partial charge in [0.2, 0.25) is 11.8 Å². The van der Waals surface area contributed by atoms with E-state index < -0.39 is 0 Å². The largest absolute Gasteiger partial charge is 0.485 e. The molecule has 0 spiro atoms. The molecule has 0 bridgehead atoms. The molecule has 2 aromatic rings. The van der Waals surface area contributed by atoms with Crippen molar-refractivity contribution in [3.8, 4) is 5.75 Å². The number of aromatic nitrogens is 2. The molecule has 2 aromatic heterocycles. The fraction of sp³-hybridized carbons (Fsp3) is 0.517. The highest BCUT2D eigenvalue weighted by atomic mass is 16.5. The Labute approximate surface area is 229 Å². The number of aryl methyl sites for hydroxylation is 1. The summed E-state index contributed by atoms with van der Waals surface area (Å²) in [5.41, 5.74) is 4.71. The Morgan fingerprint density at radius 2 is 1.95 bits per heavy atom. The molecule has 6 heterocycles. The molecule has 10 heteroatoms. The topological polar surface area (TPSA) is 100 Å². The van der Waals surface area contributed by atoms with Crippen molar-refractivity contribution >= 4 is 29.0 Å². The van der Waals surface area contributed by atoms with Crippen LogP contribution in [0.1, 0.15) is 48.6 Å². The Morgan fingerprint density at radius 1 is 1.15 bits per heavy atom. The van der Waals surface area contributed by atoms with Gasteiger partial charge >= 0.3 is 0 Å². The van der Waals surface area contributed by atoms with Crippen molar-refractivity contribution in [2.45, 2.75) is 51.2 Å². The van der Waals surface area contributed by atoms with Gasteiger partial charge in [0.1, 0.15) is 12.4 Å². The van der Waals surface area contributed by atoms with Gasteiger partial charge in [-0.25, -0.2) is 4.98 Å². The average molecular weight is 533 g/mol.